The first kappa shape index (κ1) is 22.5. The number of benzene rings is 2. The van der Waals surface area contributed by atoms with E-state index in [1.165, 1.54) is 6.07 Å². The van der Waals surface area contributed by atoms with Crippen molar-refractivity contribution in [2.24, 2.45) is 7.05 Å². The van der Waals surface area contributed by atoms with Crippen LogP contribution in [0.3, 0.4) is 0 Å². The van der Waals surface area contributed by atoms with E-state index in [9.17, 15) is 4.39 Å². The van der Waals surface area contributed by atoms with Gasteiger partial charge in [0, 0.05) is 17.6 Å². The van der Waals surface area contributed by atoms with Gasteiger partial charge in [-0.3, -0.25) is 4.68 Å². The van der Waals surface area contributed by atoms with E-state index in [2.05, 4.69) is 20.7 Å². The highest BCUT2D eigenvalue weighted by Crippen LogP contribution is 2.30. The molecule has 1 atom stereocenters. The van der Waals surface area contributed by atoms with Crippen LogP contribution in [0.1, 0.15) is 38.2 Å². The van der Waals surface area contributed by atoms with Crippen LogP contribution in [0.2, 0.25) is 10.0 Å². The Hall–Kier alpha value is -2.22. The summed E-state index contributed by atoms with van der Waals surface area (Å²) in [6, 6.07) is 11.4. The highest BCUT2D eigenvalue weighted by atomic mass is 35.5. The zero-order chi connectivity index (χ0) is 22.1. The molecular weight excluding hydrogens is 444 g/mol. The Bertz CT molecular complexity index is 1040. The number of rotatable bonds is 4. The lowest BCUT2D eigenvalue weighted by Crippen LogP contribution is -2.47. The second kappa shape index (κ2) is 8.88. The number of nitrogens with one attached hydrogen (secondary N) is 2. The minimum atomic E-state index is -0.486. The molecule has 30 heavy (non-hydrogen) atoms. The molecule has 0 aliphatic rings. The van der Waals surface area contributed by atoms with Crippen LogP contribution < -0.4 is 10.6 Å². The van der Waals surface area contributed by atoms with Gasteiger partial charge in [0.2, 0.25) is 0 Å². The highest BCUT2D eigenvalue weighted by molar-refractivity contribution is 7.80. The summed E-state index contributed by atoms with van der Waals surface area (Å²) in [7, 11) is 1.74. The van der Waals surface area contributed by atoms with E-state index in [0.717, 1.165) is 5.56 Å². The molecule has 0 aliphatic heterocycles. The monoisotopic (exact) mass is 465 g/mol. The van der Waals surface area contributed by atoms with Gasteiger partial charge in [-0.15, -0.1) is 0 Å². The lowest BCUT2D eigenvalue weighted by molar-refractivity contribution is 0.500. The van der Waals surface area contributed by atoms with E-state index in [1.807, 2.05) is 32.9 Å². The van der Waals surface area contributed by atoms with Gasteiger partial charge in [-0.1, -0.05) is 41.4 Å². The summed E-state index contributed by atoms with van der Waals surface area (Å²) in [5.74, 6) is 0.260. The fraction of sp³-hybridized carbons (Fsp3) is 0.286. The van der Waals surface area contributed by atoms with Crippen molar-refractivity contribution in [3.05, 3.63) is 69.7 Å². The lowest BCUT2D eigenvalue weighted by Gasteiger charge is -2.26. The van der Waals surface area contributed by atoms with Gasteiger partial charge in [-0.2, -0.15) is 5.10 Å². The molecular formula is C21H22Cl2FN5S. The summed E-state index contributed by atoms with van der Waals surface area (Å²) >= 11 is 17.8. The average molecular weight is 466 g/mol. The van der Waals surface area contributed by atoms with E-state index in [0.29, 0.717) is 16.0 Å². The summed E-state index contributed by atoms with van der Waals surface area (Å²) in [6.45, 7) is 6.04. The molecule has 0 saturated carbocycles. The predicted molar refractivity (Wildman–Crippen MR) is 123 cm³/mol. The molecule has 0 spiro atoms. The van der Waals surface area contributed by atoms with Gasteiger partial charge >= 0.3 is 0 Å². The van der Waals surface area contributed by atoms with E-state index in [-0.39, 0.29) is 21.9 Å². The molecule has 1 unspecified atom stereocenters. The Morgan fingerprint density at radius 3 is 2.40 bits per heavy atom. The summed E-state index contributed by atoms with van der Waals surface area (Å²) < 4.78 is 16.0. The number of aryl methyl sites for hydroxylation is 1. The Labute approximate surface area is 190 Å². The molecule has 1 aromatic heterocycles. The fourth-order valence-electron chi connectivity index (χ4n) is 2.93. The van der Waals surface area contributed by atoms with Crippen LogP contribution >= 0.6 is 35.4 Å². The average Bonchev–Trinajstić information content (AvgIpc) is 3.00. The van der Waals surface area contributed by atoms with Crippen LogP contribution in [-0.2, 0) is 7.05 Å². The predicted octanol–water partition coefficient (Wildman–Crippen LogP) is 5.28. The molecule has 9 heteroatoms. The van der Waals surface area contributed by atoms with Gasteiger partial charge in [0.15, 0.2) is 16.8 Å². The van der Waals surface area contributed by atoms with Crippen molar-refractivity contribution >= 4 is 40.5 Å². The minimum absolute atomic E-state index is 0.159. The quantitative estimate of drug-likeness (QED) is 0.513. The first-order valence-electron chi connectivity index (χ1n) is 9.24. The van der Waals surface area contributed by atoms with E-state index in [4.69, 9.17) is 35.4 Å². The Kier molecular flexibility index (Phi) is 6.65. The molecule has 1 heterocycles. The van der Waals surface area contributed by atoms with Gasteiger partial charge in [0.05, 0.1) is 10.6 Å². The highest BCUT2D eigenvalue weighted by Gasteiger charge is 2.25. The molecule has 3 aromatic rings. The summed E-state index contributed by atoms with van der Waals surface area (Å²) in [5.41, 5.74) is 0.811. The zero-order valence-electron chi connectivity index (χ0n) is 17.0. The lowest BCUT2D eigenvalue weighted by atomic mass is 10.1. The number of thiocarbonyl (C=S) groups is 1. The second-order valence-corrected chi connectivity index (χ2v) is 9.10. The molecule has 158 valence electrons. The van der Waals surface area contributed by atoms with Gasteiger partial charge < -0.3 is 10.6 Å². The second-order valence-electron chi connectivity index (χ2n) is 7.85. The Morgan fingerprint density at radius 1 is 1.13 bits per heavy atom. The smallest absolute Gasteiger partial charge is 0.185 e. The standard InChI is InChI=1S/C21H22Cl2FN5S/c1-21(2,3)27-20(30)25-17(12-8-10-13(22)11-9-12)19-26-18(28-29(19)4)16-14(23)6-5-7-15(16)24/h5-11,17H,1-4H3,(H2,25,27,30). The van der Waals surface area contributed by atoms with Crippen molar-refractivity contribution in [3.63, 3.8) is 0 Å². The summed E-state index contributed by atoms with van der Waals surface area (Å²) in [6.07, 6.45) is 0. The molecule has 0 fully saturated rings. The molecule has 0 aliphatic carbocycles. The maximum Gasteiger partial charge on any atom is 0.185 e. The molecule has 0 saturated heterocycles. The zero-order valence-corrected chi connectivity index (χ0v) is 19.3. The topological polar surface area (TPSA) is 54.8 Å². The van der Waals surface area contributed by atoms with Crippen LogP contribution in [0.15, 0.2) is 42.5 Å². The van der Waals surface area contributed by atoms with Crippen molar-refractivity contribution < 1.29 is 4.39 Å². The van der Waals surface area contributed by atoms with Gasteiger partial charge in [0.25, 0.3) is 0 Å². The van der Waals surface area contributed by atoms with Crippen LogP contribution in [0.5, 0.6) is 0 Å². The molecule has 0 radical (unpaired) electrons. The molecule has 3 rings (SSSR count). The molecule has 0 bridgehead atoms. The van der Waals surface area contributed by atoms with Crippen LogP contribution in [0, 0.1) is 5.82 Å². The molecule has 2 N–H and O–H groups in total. The minimum Gasteiger partial charge on any atom is -0.358 e. The first-order valence-corrected chi connectivity index (χ1v) is 10.4. The Morgan fingerprint density at radius 2 is 1.80 bits per heavy atom. The molecule has 2 aromatic carbocycles. The van der Waals surface area contributed by atoms with Crippen LogP contribution in [-0.4, -0.2) is 25.4 Å². The van der Waals surface area contributed by atoms with Crippen molar-refractivity contribution in [1.29, 1.82) is 0 Å². The third kappa shape index (κ3) is 5.28. The number of aromatic nitrogens is 3. The van der Waals surface area contributed by atoms with Crippen molar-refractivity contribution in [2.45, 2.75) is 32.4 Å². The van der Waals surface area contributed by atoms with Gasteiger partial charge in [-0.05, 0) is 62.8 Å². The molecule has 0 amide bonds. The first-order chi connectivity index (χ1) is 14.0. The summed E-state index contributed by atoms with van der Waals surface area (Å²) in [4.78, 5) is 4.59. The fourth-order valence-corrected chi connectivity index (χ4v) is 3.72. The number of halogens is 3. The molecule has 5 nitrogen and oxygen atoms in total. The normalized spacial score (nSPS) is 12.5. The maximum absolute atomic E-state index is 14.4. The third-order valence-electron chi connectivity index (χ3n) is 4.21. The largest absolute Gasteiger partial charge is 0.358 e. The number of hydrogen-bond acceptors (Lipinski definition) is 3. The van der Waals surface area contributed by atoms with Gasteiger partial charge in [0.1, 0.15) is 11.9 Å². The SMILES string of the molecule is Cn1nc(-c2c(F)cccc2Cl)nc1C(NC(=S)NC(C)(C)C)c1ccc(Cl)cc1. The van der Waals surface area contributed by atoms with E-state index in [1.54, 1.807) is 36.0 Å². The third-order valence-corrected chi connectivity index (χ3v) is 5.00. The maximum atomic E-state index is 14.4. The van der Waals surface area contributed by atoms with Crippen LogP contribution in [0.4, 0.5) is 4.39 Å². The van der Waals surface area contributed by atoms with Crippen molar-refractivity contribution in [3.8, 4) is 11.4 Å². The Balaban J connectivity index is 2.04. The van der Waals surface area contributed by atoms with Crippen LogP contribution in [0.25, 0.3) is 11.4 Å². The van der Waals surface area contributed by atoms with Crippen molar-refractivity contribution in [2.75, 3.05) is 0 Å². The summed E-state index contributed by atoms with van der Waals surface area (Å²) in [5, 5.41) is 12.2. The van der Waals surface area contributed by atoms with Crippen molar-refractivity contribution in [1.82, 2.24) is 25.4 Å². The van der Waals surface area contributed by atoms with E-state index < -0.39 is 11.9 Å². The number of hydrogen-bond donors (Lipinski definition) is 2. The number of nitrogens with zero attached hydrogens (tertiary/aromatic N) is 3. The van der Waals surface area contributed by atoms with Gasteiger partial charge in [-0.25, -0.2) is 9.37 Å². The van der Waals surface area contributed by atoms with E-state index >= 15 is 0 Å².